The Balaban J connectivity index is 1.50. The molecule has 1 amide bonds. The zero-order chi connectivity index (χ0) is 16.8. The van der Waals surface area contributed by atoms with E-state index in [9.17, 15) is 4.79 Å². The number of anilines is 1. The predicted molar refractivity (Wildman–Crippen MR) is 91.8 cm³/mol. The van der Waals surface area contributed by atoms with Gasteiger partial charge in [-0.3, -0.25) is 4.79 Å². The van der Waals surface area contributed by atoms with Gasteiger partial charge >= 0.3 is 0 Å². The van der Waals surface area contributed by atoms with Crippen LogP contribution in [0.4, 0.5) is 5.69 Å². The van der Waals surface area contributed by atoms with Crippen molar-refractivity contribution in [1.82, 2.24) is 0 Å². The van der Waals surface area contributed by atoms with Crippen molar-refractivity contribution in [2.45, 2.75) is 51.4 Å². The number of benzene rings is 1. The molecular weight excluding hydrogens is 306 g/mol. The van der Waals surface area contributed by atoms with Crippen LogP contribution < -0.4 is 5.32 Å². The zero-order valence-electron chi connectivity index (χ0n) is 14.3. The van der Waals surface area contributed by atoms with E-state index in [0.717, 1.165) is 30.0 Å². The number of amides is 1. The van der Waals surface area contributed by atoms with E-state index < -0.39 is 6.10 Å². The minimum Gasteiger partial charge on any atom is -0.376 e. The molecule has 5 nitrogen and oxygen atoms in total. The van der Waals surface area contributed by atoms with Gasteiger partial charge in [-0.2, -0.15) is 0 Å². The lowest BCUT2D eigenvalue weighted by atomic mass is 9.89. The van der Waals surface area contributed by atoms with Crippen LogP contribution in [0.2, 0.25) is 0 Å². The molecular formula is C19H27NO4. The van der Waals surface area contributed by atoms with Crippen molar-refractivity contribution < 1.29 is 19.0 Å². The minimum absolute atomic E-state index is 0.158. The lowest BCUT2D eigenvalue weighted by Crippen LogP contribution is -2.39. The second-order valence-corrected chi connectivity index (χ2v) is 6.83. The average Bonchev–Trinajstić information content (AvgIpc) is 2.61. The molecule has 132 valence electrons. The maximum Gasteiger partial charge on any atom is 0.255 e. The quantitative estimate of drug-likeness (QED) is 0.899. The van der Waals surface area contributed by atoms with Gasteiger partial charge in [0.2, 0.25) is 0 Å². The first-order chi connectivity index (χ1) is 11.7. The Morgan fingerprint density at radius 3 is 3.04 bits per heavy atom. The Bertz CT molecular complexity index is 542. The summed E-state index contributed by atoms with van der Waals surface area (Å²) in [5.41, 5.74) is 1.85. The van der Waals surface area contributed by atoms with Crippen LogP contribution in [-0.2, 0) is 25.6 Å². The molecule has 0 radical (unpaired) electrons. The lowest BCUT2D eigenvalue weighted by molar-refractivity contribution is -0.142. The summed E-state index contributed by atoms with van der Waals surface area (Å²) in [6.45, 7) is 4.21. The van der Waals surface area contributed by atoms with Gasteiger partial charge in [-0.05, 0) is 36.5 Å². The molecule has 1 saturated heterocycles. The highest BCUT2D eigenvalue weighted by molar-refractivity contribution is 5.94. The fourth-order valence-corrected chi connectivity index (χ4v) is 3.34. The van der Waals surface area contributed by atoms with Crippen molar-refractivity contribution >= 4 is 11.6 Å². The standard InChI is InChI=1S/C19H27NO4/c1-14-4-2-7-17(10-14)24-12-15-5-3-6-16(11-15)20-19(21)18-13-22-8-9-23-18/h3,5-6,11,14,17-18H,2,4,7-10,12-13H2,1H3,(H,20,21)/t14-,17+,18+/m1/s1. The lowest BCUT2D eigenvalue weighted by Gasteiger charge is -2.26. The van der Waals surface area contributed by atoms with Crippen LogP contribution in [0.1, 0.15) is 38.2 Å². The summed E-state index contributed by atoms with van der Waals surface area (Å²) in [4.78, 5) is 12.2. The van der Waals surface area contributed by atoms with Crippen LogP contribution >= 0.6 is 0 Å². The first kappa shape index (κ1) is 17.4. The van der Waals surface area contributed by atoms with E-state index in [4.69, 9.17) is 14.2 Å². The SMILES string of the molecule is C[C@@H]1CCC[C@H](OCc2cccc(NC(=O)[C@@H]3COCCO3)c2)C1. The molecule has 1 heterocycles. The molecule has 1 aromatic carbocycles. The largest absolute Gasteiger partial charge is 0.376 e. The van der Waals surface area contributed by atoms with Crippen molar-refractivity contribution in [3.05, 3.63) is 29.8 Å². The summed E-state index contributed by atoms with van der Waals surface area (Å²) in [5.74, 6) is 0.598. The van der Waals surface area contributed by atoms with Crippen molar-refractivity contribution in [3.63, 3.8) is 0 Å². The van der Waals surface area contributed by atoms with E-state index in [1.165, 1.54) is 12.8 Å². The van der Waals surface area contributed by atoms with Gasteiger partial charge < -0.3 is 19.5 Å². The monoisotopic (exact) mass is 333 g/mol. The molecule has 1 saturated carbocycles. The van der Waals surface area contributed by atoms with Gasteiger partial charge in [0, 0.05) is 5.69 Å². The Morgan fingerprint density at radius 1 is 1.33 bits per heavy atom. The van der Waals surface area contributed by atoms with Crippen LogP contribution in [0, 0.1) is 5.92 Å². The summed E-state index contributed by atoms with van der Waals surface area (Å²) < 4.78 is 16.7. The van der Waals surface area contributed by atoms with Gasteiger partial charge in [-0.15, -0.1) is 0 Å². The molecule has 2 aliphatic rings. The number of hydrogen-bond donors (Lipinski definition) is 1. The number of ether oxygens (including phenoxy) is 3. The highest BCUT2D eigenvalue weighted by Crippen LogP contribution is 2.26. The molecule has 2 fully saturated rings. The van der Waals surface area contributed by atoms with E-state index >= 15 is 0 Å². The van der Waals surface area contributed by atoms with Crippen LogP contribution in [0.25, 0.3) is 0 Å². The van der Waals surface area contributed by atoms with Crippen LogP contribution in [-0.4, -0.2) is 37.9 Å². The molecule has 0 spiro atoms. The third-order valence-electron chi connectivity index (χ3n) is 4.68. The minimum atomic E-state index is -0.526. The van der Waals surface area contributed by atoms with Gasteiger partial charge in [0.25, 0.3) is 5.91 Å². The molecule has 0 unspecified atom stereocenters. The summed E-state index contributed by atoms with van der Waals surface area (Å²) in [6, 6.07) is 7.82. The fraction of sp³-hybridized carbons (Fsp3) is 0.632. The van der Waals surface area contributed by atoms with Gasteiger partial charge in [-0.25, -0.2) is 0 Å². The van der Waals surface area contributed by atoms with Gasteiger partial charge in [0.15, 0.2) is 6.10 Å². The van der Waals surface area contributed by atoms with E-state index in [2.05, 4.69) is 12.2 Å². The number of rotatable bonds is 5. The molecule has 0 aromatic heterocycles. The van der Waals surface area contributed by atoms with Crippen molar-refractivity contribution in [2.75, 3.05) is 25.1 Å². The Morgan fingerprint density at radius 2 is 2.25 bits per heavy atom. The predicted octanol–water partition coefficient (Wildman–Crippen LogP) is 3.14. The first-order valence-electron chi connectivity index (χ1n) is 8.91. The highest BCUT2D eigenvalue weighted by atomic mass is 16.6. The van der Waals surface area contributed by atoms with Crippen molar-refractivity contribution in [2.24, 2.45) is 5.92 Å². The Kier molecular flexibility index (Phi) is 6.24. The van der Waals surface area contributed by atoms with Gasteiger partial charge in [0.1, 0.15) is 0 Å². The summed E-state index contributed by atoms with van der Waals surface area (Å²) in [6.07, 6.45) is 4.71. The number of hydrogen-bond acceptors (Lipinski definition) is 4. The van der Waals surface area contributed by atoms with Crippen molar-refractivity contribution in [3.8, 4) is 0 Å². The smallest absolute Gasteiger partial charge is 0.255 e. The number of carbonyl (C=O) groups is 1. The molecule has 5 heteroatoms. The molecule has 0 bridgehead atoms. The van der Waals surface area contributed by atoms with Crippen LogP contribution in [0.3, 0.4) is 0 Å². The fourth-order valence-electron chi connectivity index (χ4n) is 3.34. The molecule has 3 atom stereocenters. The zero-order valence-corrected chi connectivity index (χ0v) is 14.3. The molecule has 1 N–H and O–H groups in total. The molecule has 24 heavy (non-hydrogen) atoms. The van der Waals surface area contributed by atoms with Gasteiger partial charge in [-0.1, -0.05) is 31.9 Å². The van der Waals surface area contributed by atoms with E-state index in [-0.39, 0.29) is 5.91 Å². The Labute approximate surface area is 143 Å². The van der Waals surface area contributed by atoms with Gasteiger partial charge in [0.05, 0.1) is 32.5 Å². The van der Waals surface area contributed by atoms with E-state index in [1.807, 2.05) is 24.3 Å². The van der Waals surface area contributed by atoms with Crippen LogP contribution in [0.15, 0.2) is 24.3 Å². The summed E-state index contributed by atoms with van der Waals surface area (Å²) in [5, 5.41) is 2.90. The van der Waals surface area contributed by atoms with Crippen LogP contribution in [0.5, 0.6) is 0 Å². The first-order valence-corrected chi connectivity index (χ1v) is 8.91. The topological polar surface area (TPSA) is 56.8 Å². The highest BCUT2D eigenvalue weighted by Gasteiger charge is 2.23. The normalized spacial score (nSPS) is 27.6. The second-order valence-electron chi connectivity index (χ2n) is 6.83. The van der Waals surface area contributed by atoms with E-state index in [1.54, 1.807) is 0 Å². The molecule has 1 aliphatic carbocycles. The summed E-state index contributed by atoms with van der Waals surface area (Å²) in [7, 11) is 0. The molecule has 3 rings (SSSR count). The third kappa shape index (κ3) is 5.03. The average molecular weight is 333 g/mol. The van der Waals surface area contributed by atoms with E-state index in [0.29, 0.717) is 32.5 Å². The number of nitrogens with one attached hydrogen (secondary N) is 1. The summed E-state index contributed by atoms with van der Waals surface area (Å²) >= 11 is 0. The Hall–Kier alpha value is -1.43. The third-order valence-corrected chi connectivity index (χ3v) is 4.68. The second kappa shape index (κ2) is 8.60. The maximum absolute atomic E-state index is 12.2. The van der Waals surface area contributed by atoms with Crippen molar-refractivity contribution in [1.29, 1.82) is 0 Å². The number of carbonyl (C=O) groups excluding carboxylic acids is 1. The molecule has 1 aromatic rings. The maximum atomic E-state index is 12.2. The molecule has 1 aliphatic heterocycles.